The van der Waals surface area contributed by atoms with Gasteiger partial charge in [-0.3, -0.25) is 48.2 Å². The number of carbonyl (C=O) groups is 9. The molecule has 0 bridgehead atoms. The molecule has 0 spiro atoms. The molecule has 118 heavy (non-hydrogen) atoms. The van der Waals surface area contributed by atoms with Crippen molar-refractivity contribution in [1.29, 1.82) is 0 Å². The molecule has 14 atom stereocenters. The van der Waals surface area contributed by atoms with E-state index in [0.717, 1.165) is 59.6 Å². The molecule has 4 heterocycles. The number of benzene rings is 3. The summed E-state index contributed by atoms with van der Waals surface area (Å²) < 4.78 is 111. The Morgan fingerprint density at radius 1 is 0.602 bits per heavy atom. The van der Waals surface area contributed by atoms with Crippen molar-refractivity contribution in [1.82, 2.24) is 40.2 Å². The van der Waals surface area contributed by atoms with Crippen LogP contribution >= 0.6 is 22.7 Å². The Morgan fingerprint density at radius 2 is 1.00 bits per heavy atom. The van der Waals surface area contributed by atoms with Crippen molar-refractivity contribution in [2.24, 2.45) is 46.5 Å². The Labute approximate surface area is 694 Å². The molecule has 2 aliphatic rings. The average Bonchev–Trinajstić information content (AvgIpc) is 0.876. The smallest absolute Gasteiger partial charge is 0.328 e. The molecular weight excluding hydrogens is 1590 g/mol. The van der Waals surface area contributed by atoms with Crippen LogP contribution in [0.4, 0.5) is 30.7 Å². The van der Waals surface area contributed by atoms with E-state index in [1.807, 2.05) is 62.4 Å². The van der Waals surface area contributed by atoms with Gasteiger partial charge >= 0.3 is 23.9 Å². The molecule has 26 nitrogen and oxygen atoms in total. The Hall–Kier alpha value is -8.99. The number of methoxy groups -OCH3 is 2. The van der Waals surface area contributed by atoms with Crippen LogP contribution in [0, 0.1) is 82.1 Å². The van der Waals surface area contributed by atoms with Gasteiger partial charge in [0.15, 0.2) is 5.78 Å². The number of hydrogen-bond acceptors (Lipinski definition) is 22. The zero-order valence-corrected chi connectivity index (χ0v) is 72.1. The van der Waals surface area contributed by atoms with E-state index in [0.29, 0.717) is 68.1 Å². The fraction of sp³-hybridized carbons (Fsp3) is 0.602. The molecule has 0 saturated carbocycles. The number of aliphatic hydroxyl groups excluding tert-OH is 2. The molecule has 0 radical (unpaired) electrons. The first-order valence-electron chi connectivity index (χ1n) is 39.5. The number of azide groups is 1. The van der Waals surface area contributed by atoms with E-state index in [1.54, 1.807) is 86.7 Å². The number of carbonyl (C=O) groups excluding carboxylic acids is 9. The molecule has 7 rings (SSSR count). The maximum atomic E-state index is 14.0. The van der Waals surface area contributed by atoms with E-state index >= 15 is 0 Å². The van der Waals surface area contributed by atoms with Crippen LogP contribution in [0.25, 0.3) is 10.4 Å². The zero-order valence-electron chi connectivity index (χ0n) is 70.5. The second-order valence-electron chi connectivity index (χ2n) is 30.7. The van der Waals surface area contributed by atoms with Crippen LogP contribution in [-0.2, 0) is 60.6 Å². The number of amides is 4. The highest BCUT2D eigenvalue weighted by Crippen LogP contribution is 2.35. The molecule has 0 aliphatic carbocycles. The van der Waals surface area contributed by atoms with Gasteiger partial charge in [0.2, 0.25) is 46.6 Å². The molecule has 654 valence electrons. The molecule has 35 heteroatoms. The van der Waals surface area contributed by atoms with Crippen LogP contribution < -0.4 is 15.4 Å². The van der Waals surface area contributed by atoms with Crippen LogP contribution in [0.1, 0.15) is 208 Å². The van der Waals surface area contributed by atoms with Crippen molar-refractivity contribution >= 4 is 76.0 Å². The quantitative estimate of drug-likeness (QED) is 0.00330. The Kier molecular flexibility index (Phi) is 42.6. The average molecular weight is 1710 g/mol. The normalized spacial score (nSPS) is 17.1. The zero-order chi connectivity index (χ0) is 88.7. The predicted molar refractivity (Wildman–Crippen MR) is 431 cm³/mol. The standard InChI is InChI=1S/C37H55FN4O6S.C30H43FN6O5S.C12H10F5NO2.C4H8O2/c1-9-23(4)28(19-32(43)30-11-10-16-41(30)6)36(46)42(7)31(22(2)3)20-33(44)35-40-29(21-49-35)34(45)39-27(17-24(5)37(47)48-8)18-25-12-14-26(38)15-13-25;1-8-18(4)26(35-36-32)29(40)37(6)24(17(2)3)15-25(38)28-34-23(16-43-28)27(39)33-22(13-19(5)30(41)42-7)14-20-9-11-21(31)12-10-20;1-18-4-2-3-5(18)12(19)20-11-9(16)7(14)6(13)8(15)10(11)17;1-3-6-4(2)5/h12-15,21-24,27-28,30-31,33,44H,9-11,16-20H2,1-8H3,(H,39,45);9-12,16-19,22,24-26,38H,8,13-15H2,1-7H3,(H,33,39);5H,2-4H2,1H3;3H2,1-2H3/t23?,24-,27+,28-,30?,31?,33+;18?,19-,22+,24?,25+,26-;;/m00../s1. The fourth-order valence-corrected chi connectivity index (χ4v) is 15.5. The van der Waals surface area contributed by atoms with E-state index in [9.17, 15) is 84.1 Å². The molecule has 2 saturated heterocycles. The third kappa shape index (κ3) is 30.4. The number of halogens is 7. The van der Waals surface area contributed by atoms with Crippen LogP contribution in [0.3, 0.4) is 0 Å². The number of ether oxygens (including phenoxy) is 4. The van der Waals surface area contributed by atoms with E-state index in [-0.39, 0.29) is 108 Å². The van der Waals surface area contributed by atoms with Crippen LogP contribution in [-0.4, -0.2) is 197 Å². The first-order valence-corrected chi connectivity index (χ1v) is 41.3. The summed E-state index contributed by atoms with van der Waals surface area (Å²) in [5.74, 6) is -18.1. The van der Waals surface area contributed by atoms with Crippen molar-refractivity contribution < 1.29 is 103 Å². The highest BCUT2D eigenvalue weighted by atomic mass is 32.1. The first kappa shape index (κ1) is 101. The summed E-state index contributed by atoms with van der Waals surface area (Å²) in [6.45, 7) is 24.2. The first-order chi connectivity index (χ1) is 55.6. The fourth-order valence-electron chi connectivity index (χ4n) is 13.9. The van der Waals surface area contributed by atoms with E-state index in [1.165, 1.54) is 50.3 Å². The van der Waals surface area contributed by atoms with Gasteiger partial charge in [0.1, 0.15) is 57.3 Å². The number of esters is 4. The minimum Gasteiger partial charge on any atom is -0.469 e. The minimum atomic E-state index is -2.29. The van der Waals surface area contributed by atoms with Gasteiger partial charge in [-0.25, -0.2) is 36.7 Å². The highest BCUT2D eigenvalue weighted by Gasteiger charge is 2.40. The summed E-state index contributed by atoms with van der Waals surface area (Å²) in [4.78, 5) is 131. The van der Waals surface area contributed by atoms with Gasteiger partial charge in [0, 0.05) is 86.0 Å². The maximum Gasteiger partial charge on any atom is 0.328 e. The second-order valence-corrected chi connectivity index (χ2v) is 32.5. The Bertz CT molecular complexity index is 4130. The van der Waals surface area contributed by atoms with Crippen LogP contribution in [0.5, 0.6) is 5.75 Å². The van der Waals surface area contributed by atoms with Gasteiger partial charge in [-0.1, -0.05) is 111 Å². The summed E-state index contributed by atoms with van der Waals surface area (Å²) in [7, 11) is 9.56. The van der Waals surface area contributed by atoms with Crippen molar-refractivity contribution in [3.63, 3.8) is 0 Å². The van der Waals surface area contributed by atoms with Crippen molar-refractivity contribution in [2.45, 2.75) is 221 Å². The van der Waals surface area contributed by atoms with Crippen molar-refractivity contribution in [2.75, 3.05) is 62.1 Å². The largest absolute Gasteiger partial charge is 0.469 e. The van der Waals surface area contributed by atoms with Gasteiger partial charge < -0.3 is 49.6 Å². The van der Waals surface area contributed by atoms with Gasteiger partial charge in [-0.15, -0.1) is 22.7 Å². The maximum absolute atomic E-state index is 14.0. The number of hydrogen-bond donors (Lipinski definition) is 4. The van der Waals surface area contributed by atoms with Gasteiger partial charge in [-0.05, 0) is 150 Å². The second kappa shape index (κ2) is 49.5. The lowest BCUT2D eigenvalue weighted by molar-refractivity contribution is -0.146. The molecule has 5 aromatic rings. The molecule has 3 aromatic carbocycles. The van der Waals surface area contributed by atoms with Crippen LogP contribution in [0.15, 0.2) is 64.4 Å². The van der Waals surface area contributed by atoms with Crippen molar-refractivity contribution in [3.05, 3.63) is 143 Å². The summed E-state index contributed by atoms with van der Waals surface area (Å²) >= 11 is 2.29. The third-order valence-corrected chi connectivity index (χ3v) is 23.2. The summed E-state index contributed by atoms with van der Waals surface area (Å²) in [6, 6.07) is 8.49. The number of nitrogens with one attached hydrogen (secondary N) is 2. The highest BCUT2D eigenvalue weighted by molar-refractivity contribution is 7.10. The lowest BCUT2D eigenvalue weighted by Gasteiger charge is -2.36. The predicted octanol–water partition coefficient (Wildman–Crippen LogP) is 13.8. The summed E-state index contributed by atoms with van der Waals surface area (Å²) in [5, 5.41) is 35.8. The lowest BCUT2D eigenvalue weighted by atomic mass is 9.83. The molecule has 4 amide bonds. The minimum absolute atomic E-state index is 0.00426. The van der Waals surface area contributed by atoms with Gasteiger partial charge in [0.05, 0.1) is 38.7 Å². The van der Waals surface area contributed by atoms with Crippen molar-refractivity contribution in [3.8, 4) is 5.75 Å². The van der Waals surface area contributed by atoms with E-state index in [2.05, 4.69) is 45.0 Å². The number of thiazole rings is 2. The molecule has 6 unspecified atom stereocenters. The lowest BCUT2D eigenvalue weighted by Crippen LogP contribution is -2.47. The molecule has 2 fully saturated rings. The molecule has 4 N–H and O–H groups in total. The van der Waals surface area contributed by atoms with E-state index < -0.39 is 119 Å². The number of aliphatic hydroxyl groups is 2. The van der Waals surface area contributed by atoms with Gasteiger partial charge in [-0.2, -0.15) is 8.78 Å². The van der Waals surface area contributed by atoms with Gasteiger partial charge in [0.25, 0.3) is 11.8 Å². The monoisotopic (exact) mass is 1700 g/mol. The van der Waals surface area contributed by atoms with Crippen LogP contribution in [0.2, 0.25) is 0 Å². The van der Waals surface area contributed by atoms with E-state index in [4.69, 9.17) is 15.0 Å². The summed E-state index contributed by atoms with van der Waals surface area (Å²) in [5.41, 5.74) is 10.8. The number of nitrogens with zero attached hydrogens (tertiary/aromatic N) is 9. The Balaban J connectivity index is 0.000000384. The number of Topliss-reactive ketones (excluding diaryl/α,β-unsaturated/α-hetero) is 1. The number of likely N-dealkylation sites (tertiary alicyclic amines) is 2. The summed E-state index contributed by atoms with van der Waals surface area (Å²) in [6.07, 6.45) is 4.11. The molecule has 2 aromatic heterocycles. The number of rotatable bonds is 37. The number of aromatic nitrogens is 2. The SMILES string of the molecule is CCC(C)[C@H](CC(=O)C1CCCN1C)C(=O)N(C)C(C[C@@H](O)c1nc(C(=O)N[C@@H](Cc2ccc(F)cc2)C[C@H](C)C(=O)OC)cs1)C(C)C.CCC(C)[C@H](N=[N+]=[N-])C(=O)N(C)C(C[C@@H](O)c1nc(C(=O)N[C@@H](Cc2ccc(F)cc2)C[C@H](C)C(=O)OC)cs1)C(C)C.CCOC(C)=O.CN1CCCC1C(=O)Oc1c(F)c(F)c(F)c(F)c1F. The third-order valence-electron chi connectivity index (χ3n) is 21.3. The molecule has 2 aliphatic heterocycles. The number of ketones is 1. The molecular formula is C83H116F7N11O15S2. The topological polar surface area (TPSA) is 343 Å². The Morgan fingerprint density at radius 3 is 1.35 bits per heavy atom. The number of likely N-dealkylation sites (N-methyl/N-ethyl adjacent to an activating group) is 3.